The van der Waals surface area contributed by atoms with Crippen LogP contribution in [-0.2, 0) is 28.1 Å². The van der Waals surface area contributed by atoms with Crippen molar-refractivity contribution in [2.24, 2.45) is 0 Å². The van der Waals surface area contributed by atoms with Crippen molar-refractivity contribution in [3.05, 3.63) is 86.5 Å². The number of phenols is 3. The van der Waals surface area contributed by atoms with Crippen molar-refractivity contribution in [1.29, 1.82) is 0 Å². The van der Waals surface area contributed by atoms with E-state index in [9.17, 15) is 15.3 Å². The molecule has 3 rings (SSSR count). The third kappa shape index (κ3) is 6.19. The second kappa shape index (κ2) is 10.5. The highest BCUT2D eigenvalue weighted by Crippen LogP contribution is 2.49. The Hall–Kier alpha value is -2.94. The number of rotatable bonds is 5. The molecule has 3 N–H and O–H groups in total. The SMILES string of the molecule is Cc1cc(O)cc(C(C)(C)C)c1CCC(C)(c1c(C)cc(O)cc1C(C)(C)C)c1c(C)cc(O)cc1C(C)(C)C. The van der Waals surface area contributed by atoms with Gasteiger partial charge in [0.15, 0.2) is 0 Å². The summed E-state index contributed by atoms with van der Waals surface area (Å²) < 4.78 is 0. The highest BCUT2D eigenvalue weighted by atomic mass is 16.3. The number of benzene rings is 3. The van der Waals surface area contributed by atoms with Gasteiger partial charge in [0.05, 0.1) is 0 Å². The molecule has 3 aromatic carbocycles. The van der Waals surface area contributed by atoms with Gasteiger partial charge in [-0.25, -0.2) is 0 Å². The maximum absolute atomic E-state index is 10.7. The summed E-state index contributed by atoms with van der Waals surface area (Å²) in [5.41, 5.74) is 9.50. The zero-order valence-electron chi connectivity index (χ0n) is 27.2. The monoisotopic (exact) mass is 544 g/mol. The quantitative estimate of drug-likeness (QED) is 0.300. The molecular weight excluding hydrogens is 492 g/mol. The van der Waals surface area contributed by atoms with E-state index in [2.05, 4.69) is 90.0 Å². The predicted molar refractivity (Wildman–Crippen MR) is 169 cm³/mol. The highest BCUT2D eigenvalue weighted by molar-refractivity contribution is 5.58. The van der Waals surface area contributed by atoms with Gasteiger partial charge in [0.1, 0.15) is 17.2 Å². The molecule has 3 aromatic rings. The standard InChI is InChI=1S/C37H52O3/c1-22-16-25(38)19-29(34(4,5)6)28(22)14-15-37(13,32-23(2)17-26(39)20-30(32)35(7,8)9)33-24(3)18-27(40)21-31(33)36(10,11)12/h16-21,38-40H,14-15H2,1-13H3. The molecular formula is C37H52O3. The number of phenolic OH excluding ortho intramolecular Hbond substituents is 3. The van der Waals surface area contributed by atoms with E-state index < -0.39 is 5.41 Å². The van der Waals surface area contributed by atoms with Crippen LogP contribution in [0.15, 0.2) is 36.4 Å². The molecule has 0 fully saturated rings. The van der Waals surface area contributed by atoms with Crippen molar-refractivity contribution in [2.45, 2.75) is 125 Å². The Morgan fingerprint density at radius 2 is 0.800 bits per heavy atom. The van der Waals surface area contributed by atoms with Gasteiger partial charge in [-0.3, -0.25) is 0 Å². The summed E-state index contributed by atoms with van der Waals surface area (Å²) in [7, 11) is 0. The minimum absolute atomic E-state index is 0.120. The molecule has 3 heteroatoms. The van der Waals surface area contributed by atoms with Crippen LogP contribution in [-0.4, -0.2) is 15.3 Å². The fraction of sp³-hybridized carbons (Fsp3) is 0.514. The van der Waals surface area contributed by atoms with Gasteiger partial charge in [-0.1, -0.05) is 69.2 Å². The number of aryl methyl sites for hydroxylation is 3. The molecule has 40 heavy (non-hydrogen) atoms. The van der Waals surface area contributed by atoms with Crippen LogP contribution in [0.2, 0.25) is 0 Å². The third-order valence-electron chi connectivity index (χ3n) is 8.50. The number of aromatic hydroxyl groups is 3. The van der Waals surface area contributed by atoms with Gasteiger partial charge in [-0.15, -0.1) is 0 Å². The molecule has 3 nitrogen and oxygen atoms in total. The summed E-state index contributed by atoms with van der Waals surface area (Å²) in [6, 6.07) is 11.5. The van der Waals surface area contributed by atoms with Crippen LogP contribution < -0.4 is 0 Å². The van der Waals surface area contributed by atoms with Crippen molar-refractivity contribution in [1.82, 2.24) is 0 Å². The lowest BCUT2D eigenvalue weighted by molar-refractivity contribution is 0.444. The molecule has 0 amide bonds. The number of hydrogen-bond acceptors (Lipinski definition) is 3. The van der Waals surface area contributed by atoms with Crippen LogP contribution in [0.25, 0.3) is 0 Å². The lowest BCUT2D eigenvalue weighted by Gasteiger charge is -2.42. The first-order chi connectivity index (χ1) is 18.1. The predicted octanol–water partition coefficient (Wildman–Crippen LogP) is 9.56. The highest BCUT2D eigenvalue weighted by Gasteiger charge is 2.40. The average Bonchev–Trinajstić information content (AvgIpc) is 2.74. The molecule has 0 atom stereocenters. The Morgan fingerprint density at radius 3 is 1.15 bits per heavy atom. The molecule has 0 aliphatic rings. The van der Waals surface area contributed by atoms with Crippen LogP contribution in [0, 0.1) is 20.8 Å². The fourth-order valence-electron chi connectivity index (χ4n) is 6.73. The lowest BCUT2D eigenvalue weighted by Crippen LogP contribution is -2.34. The summed E-state index contributed by atoms with van der Waals surface area (Å²) in [6.45, 7) is 28.5. The van der Waals surface area contributed by atoms with E-state index in [1.807, 2.05) is 36.4 Å². The van der Waals surface area contributed by atoms with E-state index in [0.717, 1.165) is 40.7 Å². The van der Waals surface area contributed by atoms with Crippen molar-refractivity contribution in [2.75, 3.05) is 0 Å². The second-order valence-corrected chi connectivity index (χ2v) is 15.2. The van der Waals surface area contributed by atoms with E-state index in [0.29, 0.717) is 5.75 Å². The summed E-state index contributed by atoms with van der Waals surface area (Å²) in [5.74, 6) is 0.885. The molecule has 0 unspecified atom stereocenters. The Balaban J connectivity index is 2.45. The van der Waals surface area contributed by atoms with Crippen molar-refractivity contribution < 1.29 is 15.3 Å². The van der Waals surface area contributed by atoms with E-state index in [1.165, 1.54) is 22.3 Å². The largest absolute Gasteiger partial charge is 0.508 e. The summed E-state index contributed by atoms with van der Waals surface area (Å²) in [4.78, 5) is 0. The molecule has 0 saturated carbocycles. The van der Waals surface area contributed by atoms with Crippen LogP contribution in [0.1, 0.15) is 126 Å². The Bertz CT molecular complexity index is 1340. The summed E-state index contributed by atoms with van der Waals surface area (Å²) in [6.07, 6.45) is 1.65. The zero-order valence-corrected chi connectivity index (χ0v) is 27.2. The lowest BCUT2D eigenvalue weighted by atomic mass is 9.62. The Morgan fingerprint density at radius 1 is 0.475 bits per heavy atom. The van der Waals surface area contributed by atoms with Crippen molar-refractivity contribution >= 4 is 0 Å². The van der Waals surface area contributed by atoms with E-state index >= 15 is 0 Å². The van der Waals surface area contributed by atoms with Crippen LogP contribution in [0.3, 0.4) is 0 Å². The first-order valence-electron chi connectivity index (χ1n) is 14.6. The summed E-state index contributed by atoms with van der Waals surface area (Å²) in [5, 5.41) is 32.0. The molecule has 0 aromatic heterocycles. The first-order valence-corrected chi connectivity index (χ1v) is 14.6. The van der Waals surface area contributed by atoms with E-state index in [-0.39, 0.29) is 27.7 Å². The average molecular weight is 545 g/mol. The summed E-state index contributed by atoms with van der Waals surface area (Å²) >= 11 is 0. The van der Waals surface area contributed by atoms with Gasteiger partial charge in [0.2, 0.25) is 0 Å². The minimum atomic E-state index is -0.430. The van der Waals surface area contributed by atoms with Gasteiger partial charge in [-0.05, 0) is 136 Å². The van der Waals surface area contributed by atoms with Crippen molar-refractivity contribution in [3.63, 3.8) is 0 Å². The first kappa shape index (κ1) is 31.6. The molecule has 0 spiro atoms. The maximum Gasteiger partial charge on any atom is 0.116 e. The molecule has 0 heterocycles. The smallest absolute Gasteiger partial charge is 0.116 e. The third-order valence-corrected chi connectivity index (χ3v) is 8.50. The molecule has 0 aliphatic heterocycles. The van der Waals surface area contributed by atoms with E-state index in [1.54, 1.807) is 0 Å². The van der Waals surface area contributed by atoms with E-state index in [4.69, 9.17) is 0 Å². The Kier molecular flexibility index (Phi) is 8.27. The fourth-order valence-corrected chi connectivity index (χ4v) is 6.73. The van der Waals surface area contributed by atoms with Gasteiger partial charge in [0.25, 0.3) is 0 Å². The maximum atomic E-state index is 10.7. The minimum Gasteiger partial charge on any atom is -0.508 e. The molecule has 218 valence electrons. The van der Waals surface area contributed by atoms with Gasteiger partial charge in [-0.2, -0.15) is 0 Å². The van der Waals surface area contributed by atoms with Gasteiger partial charge < -0.3 is 15.3 Å². The van der Waals surface area contributed by atoms with Crippen LogP contribution >= 0.6 is 0 Å². The Labute approximate surface area is 243 Å². The topological polar surface area (TPSA) is 60.7 Å². The molecule has 0 aliphatic carbocycles. The van der Waals surface area contributed by atoms with Crippen LogP contribution in [0.4, 0.5) is 0 Å². The van der Waals surface area contributed by atoms with Gasteiger partial charge >= 0.3 is 0 Å². The normalized spacial score (nSPS) is 13.1. The van der Waals surface area contributed by atoms with Gasteiger partial charge in [0, 0.05) is 5.41 Å². The second-order valence-electron chi connectivity index (χ2n) is 15.2. The van der Waals surface area contributed by atoms with Crippen LogP contribution in [0.5, 0.6) is 17.2 Å². The van der Waals surface area contributed by atoms with Crippen molar-refractivity contribution in [3.8, 4) is 17.2 Å². The number of hydrogen-bond donors (Lipinski definition) is 3. The zero-order chi connectivity index (χ0) is 30.6. The molecule has 0 saturated heterocycles. The molecule has 0 bridgehead atoms. The molecule has 0 radical (unpaired) electrons.